The van der Waals surface area contributed by atoms with Crippen LogP contribution in [0.25, 0.3) is 11.0 Å². The number of ether oxygens (including phenoxy) is 2. The molecular formula is C27H21ClFNO5. The summed E-state index contributed by atoms with van der Waals surface area (Å²) in [5.41, 5.74) is 1.07. The number of fused-ring (bicyclic) bond motifs is 2. The zero-order valence-corrected chi connectivity index (χ0v) is 19.8. The molecule has 1 aromatic heterocycles. The van der Waals surface area contributed by atoms with Crippen molar-refractivity contribution in [2.75, 3.05) is 20.8 Å². The maximum absolute atomic E-state index is 15.0. The first-order valence-electron chi connectivity index (χ1n) is 11.0. The summed E-state index contributed by atoms with van der Waals surface area (Å²) < 4.78 is 31.5. The predicted molar refractivity (Wildman–Crippen MR) is 130 cm³/mol. The minimum atomic E-state index is -0.932. The molecule has 178 valence electrons. The fourth-order valence-electron chi connectivity index (χ4n) is 4.53. The van der Waals surface area contributed by atoms with Crippen molar-refractivity contribution in [1.82, 2.24) is 4.90 Å². The van der Waals surface area contributed by atoms with Gasteiger partial charge in [-0.2, -0.15) is 0 Å². The lowest BCUT2D eigenvalue weighted by atomic mass is 9.98. The van der Waals surface area contributed by atoms with Gasteiger partial charge >= 0.3 is 0 Å². The molecule has 8 heteroatoms. The summed E-state index contributed by atoms with van der Waals surface area (Å²) in [6, 6.07) is 15.3. The lowest BCUT2D eigenvalue weighted by Crippen LogP contribution is -2.32. The van der Waals surface area contributed by atoms with Crippen molar-refractivity contribution in [1.29, 1.82) is 0 Å². The SMILES string of the molecule is COc1ccc(CCN2C(=O)c3oc4ccc(Cl)cc4c(=O)c3[C@H]2c2ccccc2F)cc1OC. The zero-order chi connectivity index (χ0) is 24.7. The summed E-state index contributed by atoms with van der Waals surface area (Å²) in [5.74, 6) is 0.0878. The summed E-state index contributed by atoms with van der Waals surface area (Å²) in [4.78, 5) is 28.5. The van der Waals surface area contributed by atoms with Gasteiger partial charge in [-0.1, -0.05) is 35.9 Å². The lowest BCUT2D eigenvalue weighted by molar-refractivity contribution is 0.0728. The number of halogens is 2. The van der Waals surface area contributed by atoms with Gasteiger partial charge in [0.15, 0.2) is 16.9 Å². The number of rotatable bonds is 6. The van der Waals surface area contributed by atoms with Crippen molar-refractivity contribution in [2.24, 2.45) is 0 Å². The van der Waals surface area contributed by atoms with Gasteiger partial charge in [0.25, 0.3) is 5.91 Å². The molecule has 4 aromatic rings. The fourth-order valence-corrected chi connectivity index (χ4v) is 4.70. The molecular weight excluding hydrogens is 473 g/mol. The smallest absolute Gasteiger partial charge is 0.290 e. The van der Waals surface area contributed by atoms with Gasteiger partial charge < -0.3 is 18.8 Å². The second-order valence-electron chi connectivity index (χ2n) is 8.18. The van der Waals surface area contributed by atoms with Crippen LogP contribution in [0.3, 0.4) is 0 Å². The summed E-state index contributed by atoms with van der Waals surface area (Å²) in [6.07, 6.45) is 0.435. The van der Waals surface area contributed by atoms with E-state index in [1.165, 1.54) is 17.0 Å². The first-order chi connectivity index (χ1) is 16.9. The Labute approximate surface area is 205 Å². The maximum Gasteiger partial charge on any atom is 0.290 e. The van der Waals surface area contributed by atoms with E-state index >= 15 is 0 Å². The van der Waals surface area contributed by atoms with Crippen molar-refractivity contribution in [3.8, 4) is 11.5 Å². The summed E-state index contributed by atoms with van der Waals surface area (Å²) in [7, 11) is 3.10. The first kappa shape index (κ1) is 22.9. The normalized spacial score (nSPS) is 14.9. The molecule has 35 heavy (non-hydrogen) atoms. The molecule has 0 saturated carbocycles. The van der Waals surface area contributed by atoms with Crippen LogP contribution < -0.4 is 14.9 Å². The Morgan fingerprint density at radius 1 is 1.00 bits per heavy atom. The van der Waals surface area contributed by atoms with Gasteiger partial charge in [-0.05, 0) is 48.4 Å². The molecule has 0 N–H and O–H groups in total. The van der Waals surface area contributed by atoms with Gasteiger partial charge in [0, 0.05) is 17.1 Å². The van der Waals surface area contributed by atoms with Crippen LogP contribution in [0.4, 0.5) is 4.39 Å². The minimum absolute atomic E-state index is 0.0783. The quantitative estimate of drug-likeness (QED) is 0.360. The summed E-state index contributed by atoms with van der Waals surface area (Å²) in [5, 5.41) is 0.606. The highest BCUT2D eigenvalue weighted by molar-refractivity contribution is 6.31. The van der Waals surface area contributed by atoms with Crippen molar-refractivity contribution in [3.05, 3.63) is 104 Å². The molecule has 1 atom stereocenters. The molecule has 0 unspecified atom stereocenters. The zero-order valence-electron chi connectivity index (χ0n) is 19.0. The van der Waals surface area contributed by atoms with E-state index in [1.807, 2.05) is 12.1 Å². The Bertz CT molecular complexity index is 1520. The Hall–Kier alpha value is -3.84. The Balaban J connectivity index is 1.60. The second kappa shape index (κ2) is 9.07. The Morgan fingerprint density at radius 2 is 1.77 bits per heavy atom. The molecule has 3 aromatic carbocycles. The Morgan fingerprint density at radius 3 is 2.51 bits per heavy atom. The molecule has 1 amide bonds. The van der Waals surface area contributed by atoms with E-state index in [1.54, 1.807) is 50.6 Å². The number of carbonyl (C=O) groups is 1. The standard InChI is InChI=1S/C27H21ClFNO5/c1-33-21-9-7-15(13-22(21)34-2)11-12-30-24(17-5-3-4-6-19(17)29)23-25(31)18-14-16(28)8-10-20(18)35-26(23)27(30)32/h3-10,13-14,24H,11-12H2,1-2H3/t24-/m1/s1. The van der Waals surface area contributed by atoms with Crippen LogP contribution in [0.15, 0.2) is 69.9 Å². The Kier molecular flexibility index (Phi) is 5.94. The average Bonchev–Trinajstić information content (AvgIpc) is 3.14. The average molecular weight is 494 g/mol. The van der Waals surface area contributed by atoms with Crippen LogP contribution in [0, 0.1) is 5.82 Å². The van der Waals surface area contributed by atoms with Crippen LogP contribution in [-0.4, -0.2) is 31.6 Å². The number of methoxy groups -OCH3 is 2. The van der Waals surface area contributed by atoms with Crippen LogP contribution in [0.1, 0.15) is 33.3 Å². The van der Waals surface area contributed by atoms with Crippen molar-refractivity contribution in [2.45, 2.75) is 12.5 Å². The fraction of sp³-hybridized carbons (Fsp3) is 0.185. The largest absolute Gasteiger partial charge is 0.493 e. The molecule has 0 bridgehead atoms. The molecule has 5 rings (SSSR count). The predicted octanol–water partition coefficient (Wildman–Crippen LogP) is 5.39. The number of benzene rings is 3. The summed E-state index contributed by atoms with van der Waals surface area (Å²) >= 11 is 6.10. The summed E-state index contributed by atoms with van der Waals surface area (Å²) in [6.45, 7) is 0.216. The molecule has 2 heterocycles. The minimum Gasteiger partial charge on any atom is -0.493 e. The molecule has 0 aliphatic carbocycles. The molecule has 0 fully saturated rings. The third kappa shape index (κ3) is 3.91. The highest BCUT2D eigenvalue weighted by Crippen LogP contribution is 2.39. The van der Waals surface area contributed by atoms with Crippen LogP contribution in [0.5, 0.6) is 11.5 Å². The van der Waals surface area contributed by atoms with Crippen molar-refractivity contribution in [3.63, 3.8) is 0 Å². The molecule has 0 saturated heterocycles. The molecule has 1 aliphatic heterocycles. The van der Waals surface area contributed by atoms with E-state index in [2.05, 4.69) is 0 Å². The number of nitrogens with zero attached hydrogens (tertiary/aromatic N) is 1. The molecule has 0 spiro atoms. The van der Waals surface area contributed by atoms with Crippen molar-refractivity contribution >= 4 is 28.5 Å². The monoisotopic (exact) mass is 493 g/mol. The number of amides is 1. The third-order valence-electron chi connectivity index (χ3n) is 6.22. The van der Waals surface area contributed by atoms with E-state index in [4.69, 9.17) is 25.5 Å². The van der Waals surface area contributed by atoms with Crippen LogP contribution in [0.2, 0.25) is 5.02 Å². The van der Waals surface area contributed by atoms with Crippen LogP contribution >= 0.6 is 11.6 Å². The van der Waals surface area contributed by atoms with Gasteiger partial charge in [-0.15, -0.1) is 0 Å². The number of hydrogen-bond acceptors (Lipinski definition) is 5. The van der Waals surface area contributed by atoms with Gasteiger partial charge in [0.1, 0.15) is 11.4 Å². The van der Waals surface area contributed by atoms with Gasteiger partial charge in [-0.3, -0.25) is 9.59 Å². The third-order valence-corrected chi connectivity index (χ3v) is 6.45. The molecule has 6 nitrogen and oxygen atoms in total. The van der Waals surface area contributed by atoms with E-state index < -0.39 is 23.2 Å². The topological polar surface area (TPSA) is 69.0 Å². The van der Waals surface area contributed by atoms with Gasteiger partial charge in [0.05, 0.1) is 31.2 Å². The van der Waals surface area contributed by atoms with E-state index in [9.17, 15) is 14.0 Å². The van der Waals surface area contributed by atoms with E-state index in [-0.39, 0.29) is 34.4 Å². The number of hydrogen-bond donors (Lipinski definition) is 0. The van der Waals surface area contributed by atoms with Gasteiger partial charge in [0.2, 0.25) is 5.76 Å². The van der Waals surface area contributed by atoms with E-state index in [0.717, 1.165) is 5.56 Å². The lowest BCUT2D eigenvalue weighted by Gasteiger charge is -2.25. The maximum atomic E-state index is 15.0. The van der Waals surface area contributed by atoms with Crippen molar-refractivity contribution < 1.29 is 23.1 Å². The van der Waals surface area contributed by atoms with Crippen LogP contribution in [-0.2, 0) is 6.42 Å². The highest BCUT2D eigenvalue weighted by Gasteiger charge is 2.43. The first-order valence-corrected chi connectivity index (χ1v) is 11.3. The number of carbonyl (C=O) groups excluding carboxylic acids is 1. The molecule has 0 radical (unpaired) electrons. The van der Waals surface area contributed by atoms with Gasteiger partial charge in [-0.25, -0.2) is 4.39 Å². The molecule has 1 aliphatic rings. The second-order valence-corrected chi connectivity index (χ2v) is 8.61. The van der Waals surface area contributed by atoms with E-state index in [0.29, 0.717) is 22.9 Å². The highest BCUT2D eigenvalue weighted by atomic mass is 35.5.